The van der Waals surface area contributed by atoms with Crippen LogP contribution in [0.4, 0.5) is 0 Å². The molecule has 9 nitrogen and oxygen atoms in total. The van der Waals surface area contributed by atoms with Crippen molar-refractivity contribution >= 4 is 29.1 Å². The van der Waals surface area contributed by atoms with Crippen LogP contribution in [0.15, 0.2) is 5.38 Å². The second-order valence-corrected chi connectivity index (χ2v) is 11.4. The van der Waals surface area contributed by atoms with E-state index in [2.05, 4.69) is 15.2 Å². The minimum absolute atomic E-state index is 0.0202. The third-order valence-corrected chi connectivity index (χ3v) is 8.27. The van der Waals surface area contributed by atoms with Gasteiger partial charge in [-0.2, -0.15) is 0 Å². The van der Waals surface area contributed by atoms with Crippen LogP contribution < -0.4 is 5.32 Å². The molecule has 198 valence electrons. The monoisotopic (exact) mass is 510 g/mol. The van der Waals surface area contributed by atoms with Crippen molar-refractivity contribution in [3.63, 3.8) is 0 Å². The number of aromatic nitrogens is 1. The van der Waals surface area contributed by atoms with Crippen molar-refractivity contribution in [1.29, 1.82) is 0 Å². The van der Waals surface area contributed by atoms with E-state index in [1.54, 1.807) is 11.9 Å². The molecule has 0 saturated carbocycles. The number of carboxylic acid groups (broad SMARTS) is 1. The predicted octanol–water partition coefficient (Wildman–Crippen LogP) is 3.15. The van der Waals surface area contributed by atoms with Gasteiger partial charge in [-0.15, -0.1) is 11.3 Å². The number of amides is 2. The number of aliphatic hydroxyl groups excluding tert-OH is 1. The molecule has 0 aliphatic carbocycles. The lowest BCUT2D eigenvalue weighted by Crippen LogP contribution is -2.60. The fraction of sp³-hybridized carbons (Fsp3) is 0.760. The van der Waals surface area contributed by atoms with Crippen LogP contribution in [-0.4, -0.2) is 80.5 Å². The van der Waals surface area contributed by atoms with E-state index in [0.29, 0.717) is 5.01 Å². The second kappa shape index (κ2) is 12.3. The Morgan fingerprint density at radius 2 is 1.83 bits per heavy atom. The number of likely N-dealkylation sites (tertiary alicyclic amines) is 1. The van der Waals surface area contributed by atoms with Crippen LogP contribution in [0.3, 0.4) is 0 Å². The Morgan fingerprint density at radius 3 is 2.31 bits per heavy atom. The summed E-state index contributed by atoms with van der Waals surface area (Å²) in [6.45, 7) is 13.4. The van der Waals surface area contributed by atoms with Gasteiger partial charge in [0.1, 0.15) is 17.2 Å². The molecule has 2 rings (SSSR count). The van der Waals surface area contributed by atoms with Gasteiger partial charge in [0.25, 0.3) is 0 Å². The lowest BCUT2D eigenvalue weighted by Gasteiger charge is -2.39. The van der Waals surface area contributed by atoms with E-state index in [1.165, 1.54) is 5.38 Å². The Morgan fingerprint density at radius 1 is 1.23 bits per heavy atom. The van der Waals surface area contributed by atoms with E-state index >= 15 is 0 Å². The van der Waals surface area contributed by atoms with Crippen LogP contribution in [-0.2, 0) is 9.59 Å². The molecule has 1 aliphatic rings. The van der Waals surface area contributed by atoms with Crippen molar-refractivity contribution in [2.75, 3.05) is 20.1 Å². The quantitative estimate of drug-likeness (QED) is 0.395. The zero-order valence-corrected chi connectivity index (χ0v) is 22.9. The minimum atomic E-state index is -1.14. The predicted molar refractivity (Wildman–Crippen MR) is 136 cm³/mol. The summed E-state index contributed by atoms with van der Waals surface area (Å²) in [6.07, 6.45) is 2.08. The first kappa shape index (κ1) is 29.2. The standard InChI is InChI=1S/C25H42N4O5S/c1-8-16(4)20(27-24(34)25(5,6)29-11-9-10-12-29)22(31)28(7)18(15(2)3)13-19(30)21-26-17(14-35-21)23(32)33/h14-16,18-20,30H,8-13H2,1-7H3,(H,27,34)(H,32,33)/t16-,18?,19+,20-/m0/s1. The van der Waals surface area contributed by atoms with Crippen molar-refractivity contribution in [1.82, 2.24) is 20.1 Å². The first-order valence-corrected chi connectivity index (χ1v) is 13.4. The number of rotatable bonds is 12. The molecular weight excluding hydrogens is 468 g/mol. The van der Waals surface area contributed by atoms with E-state index in [0.717, 1.165) is 43.7 Å². The van der Waals surface area contributed by atoms with Crippen molar-refractivity contribution in [2.24, 2.45) is 11.8 Å². The number of carbonyl (C=O) groups is 3. The highest BCUT2D eigenvalue weighted by Gasteiger charge is 2.40. The highest BCUT2D eigenvalue weighted by atomic mass is 32.1. The van der Waals surface area contributed by atoms with Crippen molar-refractivity contribution in [3.8, 4) is 0 Å². The molecule has 0 spiro atoms. The Kier molecular flexibility index (Phi) is 10.2. The third kappa shape index (κ3) is 7.01. The first-order chi connectivity index (χ1) is 16.3. The van der Waals surface area contributed by atoms with Crippen LogP contribution in [0, 0.1) is 11.8 Å². The van der Waals surface area contributed by atoms with Crippen molar-refractivity contribution < 1.29 is 24.6 Å². The molecule has 0 bridgehead atoms. The van der Waals surface area contributed by atoms with Gasteiger partial charge in [-0.05, 0) is 51.6 Å². The Balaban J connectivity index is 2.19. The van der Waals surface area contributed by atoms with Crippen LogP contribution in [0.5, 0.6) is 0 Å². The van der Waals surface area contributed by atoms with E-state index in [4.69, 9.17) is 5.11 Å². The number of nitrogens with zero attached hydrogens (tertiary/aromatic N) is 3. The molecule has 1 aliphatic heterocycles. The van der Waals surface area contributed by atoms with Gasteiger partial charge in [0, 0.05) is 24.9 Å². The molecule has 35 heavy (non-hydrogen) atoms. The maximum absolute atomic E-state index is 13.7. The number of nitrogens with one attached hydrogen (secondary N) is 1. The summed E-state index contributed by atoms with van der Waals surface area (Å²) in [5.41, 5.74) is -0.809. The number of aliphatic hydroxyl groups is 1. The normalized spacial score (nSPS) is 18.2. The lowest BCUT2D eigenvalue weighted by atomic mass is 9.92. The van der Waals surface area contributed by atoms with Gasteiger partial charge in [0.15, 0.2) is 5.69 Å². The number of likely N-dealkylation sites (N-methyl/N-ethyl adjacent to an activating group) is 1. The zero-order valence-electron chi connectivity index (χ0n) is 22.1. The number of hydrogen-bond acceptors (Lipinski definition) is 7. The van der Waals surface area contributed by atoms with Crippen LogP contribution >= 0.6 is 11.3 Å². The van der Waals surface area contributed by atoms with E-state index in [1.807, 2.05) is 41.5 Å². The molecule has 10 heteroatoms. The van der Waals surface area contributed by atoms with E-state index < -0.39 is 23.7 Å². The summed E-state index contributed by atoms with van der Waals surface area (Å²) in [7, 11) is 1.71. The maximum Gasteiger partial charge on any atom is 0.355 e. The molecule has 1 unspecified atom stereocenters. The Hall–Kier alpha value is -2.04. The highest BCUT2D eigenvalue weighted by Crippen LogP contribution is 2.28. The van der Waals surface area contributed by atoms with Crippen molar-refractivity contribution in [3.05, 3.63) is 16.1 Å². The molecule has 2 amide bonds. The molecule has 1 saturated heterocycles. The number of aromatic carboxylic acids is 1. The Bertz CT molecular complexity index is 881. The SMILES string of the molecule is CC[C@H](C)[C@H](NC(=O)C(C)(C)N1CCCC1)C(=O)N(C)C(C[C@@H](O)c1nc(C(=O)O)cs1)C(C)C. The van der Waals surface area contributed by atoms with Crippen LogP contribution in [0.2, 0.25) is 0 Å². The number of carboxylic acids is 1. The fourth-order valence-corrected chi connectivity index (χ4v) is 5.34. The van der Waals surface area contributed by atoms with Crippen LogP contribution in [0.1, 0.15) is 88.8 Å². The van der Waals surface area contributed by atoms with Crippen LogP contribution in [0.25, 0.3) is 0 Å². The second-order valence-electron chi connectivity index (χ2n) is 10.5. The summed E-state index contributed by atoms with van der Waals surface area (Å²) in [5, 5.41) is 24.7. The van der Waals surface area contributed by atoms with Gasteiger partial charge in [-0.1, -0.05) is 34.1 Å². The molecule has 1 aromatic heterocycles. The van der Waals surface area contributed by atoms with Gasteiger partial charge in [-0.25, -0.2) is 9.78 Å². The summed E-state index contributed by atoms with van der Waals surface area (Å²) in [6, 6.07) is -1.01. The largest absolute Gasteiger partial charge is 0.476 e. The van der Waals surface area contributed by atoms with E-state index in [-0.39, 0.29) is 41.8 Å². The molecule has 2 heterocycles. The molecule has 3 N–H and O–H groups in total. The molecule has 4 atom stereocenters. The Labute approximate surface area is 212 Å². The van der Waals surface area contributed by atoms with Crippen molar-refractivity contribution in [2.45, 2.75) is 91.0 Å². The van der Waals surface area contributed by atoms with Gasteiger partial charge in [0.05, 0.1) is 5.54 Å². The molecule has 1 fully saturated rings. The number of thiazole rings is 1. The van der Waals surface area contributed by atoms with Gasteiger partial charge >= 0.3 is 5.97 Å². The molecular formula is C25H42N4O5S. The molecule has 0 aromatic carbocycles. The summed E-state index contributed by atoms with van der Waals surface area (Å²) in [4.78, 5) is 46.0. The maximum atomic E-state index is 13.7. The fourth-order valence-electron chi connectivity index (χ4n) is 4.55. The highest BCUT2D eigenvalue weighted by molar-refractivity contribution is 7.09. The zero-order chi connectivity index (χ0) is 26.5. The minimum Gasteiger partial charge on any atom is -0.476 e. The average Bonchev–Trinajstić information content (AvgIpc) is 3.51. The average molecular weight is 511 g/mol. The summed E-state index contributed by atoms with van der Waals surface area (Å²) >= 11 is 1.09. The third-order valence-electron chi connectivity index (χ3n) is 7.32. The number of carbonyl (C=O) groups excluding carboxylic acids is 2. The topological polar surface area (TPSA) is 123 Å². The van der Waals surface area contributed by atoms with Gasteiger partial charge in [-0.3, -0.25) is 14.5 Å². The lowest BCUT2D eigenvalue weighted by molar-refractivity contribution is -0.142. The summed E-state index contributed by atoms with van der Waals surface area (Å²) < 4.78 is 0. The van der Waals surface area contributed by atoms with Gasteiger partial charge < -0.3 is 20.4 Å². The summed E-state index contributed by atoms with van der Waals surface area (Å²) in [5.74, 6) is -1.54. The number of hydrogen-bond donors (Lipinski definition) is 3. The molecule has 0 radical (unpaired) electrons. The first-order valence-electron chi connectivity index (χ1n) is 12.5. The van der Waals surface area contributed by atoms with Gasteiger partial charge in [0.2, 0.25) is 11.8 Å². The van der Waals surface area contributed by atoms with E-state index in [9.17, 15) is 19.5 Å². The smallest absolute Gasteiger partial charge is 0.355 e. The molecule has 1 aromatic rings.